The number of carbonyl (C=O) groups is 1. The molecule has 1 aliphatic carbocycles. The zero-order valence-electron chi connectivity index (χ0n) is 11.2. The molecule has 0 radical (unpaired) electrons. The van der Waals surface area contributed by atoms with Crippen molar-refractivity contribution < 1.29 is 9.90 Å². The Morgan fingerprint density at radius 1 is 1.20 bits per heavy atom. The molecule has 0 aliphatic heterocycles. The zero-order chi connectivity index (χ0) is 14.0. The molecule has 2 aromatic rings. The van der Waals surface area contributed by atoms with E-state index in [0.29, 0.717) is 12.8 Å². The van der Waals surface area contributed by atoms with Gasteiger partial charge in [-0.1, -0.05) is 37.5 Å². The topological polar surface area (TPSA) is 68.0 Å². The molecule has 0 atom stereocenters. The quantitative estimate of drug-likeness (QED) is 0.931. The number of rotatable bonds is 3. The Labute approximate surface area is 117 Å². The fourth-order valence-corrected chi connectivity index (χ4v) is 3.16. The van der Waals surface area contributed by atoms with Gasteiger partial charge >= 0.3 is 5.97 Å². The van der Waals surface area contributed by atoms with Gasteiger partial charge in [0, 0.05) is 0 Å². The molecule has 0 amide bonds. The van der Waals surface area contributed by atoms with Crippen molar-refractivity contribution in [2.75, 3.05) is 0 Å². The first kappa shape index (κ1) is 12.8. The van der Waals surface area contributed by atoms with Crippen molar-refractivity contribution >= 4 is 5.97 Å². The molecule has 1 heterocycles. The van der Waals surface area contributed by atoms with E-state index in [1.165, 1.54) is 6.33 Å². The number of nitrogens with zero attached hydrogens (tertiary/aromatic N) is 3. The molecule has 104 valence electrons. The molecule has 1 aromatic carbocycles. The fraction of sp³-hybridized carbons (Fsp3) is 0.400. The average molecular weight is 271 g/mol. The largest absolute Gasteiger partial charge is 0.481 e. The van der Waals surface area contributed by atoms with Crippen LogP contribution in [0.1, 0.15) is 37.7 Å². The number of hydrogen-bond acceptors (Lipinski definition) is 3. The second-order valence-electron chi connectivity index (χ2n) is 5.31. The molecule has 1 aromatic heterocycles. The number of hydrogen-bond donors (Lipinski definition) is 1. The van der Waals surface area contributed by atoms with Crippen LogP contribution < -0.4 is 0 Å². The van der Waals surface area contributed by atoms with E-state index < -0.39 is 11.4 Å². The van der Waals surface area contributed by atoms with Gasteiger partial charge in [0.1, 0.15) is 12.7 Å². The van der Waals surface area contributed by atoms with Crippen LogP contribution in [0.2, 0.25) is 0 Å². The first-order valence-electron chi connectivity index (χ1n) is 6.92. The van der Waals surface area contributed by atoms with Crippen molar-refractivity contribution in [3.05, 3.63) is 42.5 Å². The Kier molecular flexibility index (Phi) is 3.26. The van der Waals surface area contributed by atoms with E-state index in [-0.39, 0.29) is 0 Å². The Morgan fingerprint density at radius 3 is 2.60 bits per heavy atom. The van der Waals surface area contributed by atoms with Gasteiger partial charge in [0.2, 0.25) is 0 Å². The third kappa shape index (κ3) is 1.99. The highest BCUT2D eigenvalue weighted by Gasteiger charge is 2.42. The predicted molar refractivity (Wildman–Crippen MR) is 73.8 cm³/mol. The third-order valence-corrected chi connectivity index (χ3v) is 4.20. The van der Waals surface area contributed by atoms with Crippen LogP contribution in [-0.2, 0) is 10.2 Å². The number of aliphatic carboxylic acids is 1. The van der Waals surface area contributed by atoms with Crippen LogP contribution in [0, 0.1) is 0 Å². The summed E-state index contributed by atoms with van der Waals surface area (Å²) in [5.41, 5.74) is 0.868. The summed E-state index contributed by atoms with van der Waals surface area (Å²) in [6.45, 7) is 0. The highest BCUT2D eigenvalue weighted by Crippen LogP contribution is 2.41. The van der Waals surface area contributed by atoms with E-state index in [0.717, 1.165) is 30.5 Å². The van der Waals surface area contributed by atoms with E-state index in [2.05, 4.69) is 10.1 Å². The second kappa shape index (κ2) is 5.07. The minimum absolute atomic E-state index is 0.689. The first-order valence-corrected chi connectivity index (χ1v) is 6.92. The van der Waals surface area contributed by atoms with Crippen molar-refractivity contribution in [3.63, 3.8) is 0 Å². The molecule has 0 saturated heterocycles. The molecule has 5 heteroatoms. The fourth-order valence-electron chi connectivity index (χ4n) is 3.16. The second-order valence-corrected chi connectivity index (χ2v) is 5.31. The van der Waals surface area contributed by atoms with Gasteiger partial charge < -0.3 is 5.11 Å². The van der Waals surface area contributed by atoms with Gasteiger partial charge in [-0.25, -0.2) is 9.67 Å². The van der Waals surface area contributed by atoms with Crippen molar-refractivity contribution in [1.82, 2.24) is 14.8 Å². The maximum atomic E-state index is 12.0. The third-order valence-electron chi connectivity index (χ3n) is 4.20. The van der Waals surface area contributed by atoms with Crippen LogP contribution in [0.3, 0.4) is 0 Å². The maximum Gasteiger partial charge on any atom is 0.314 e. The van der Waals surface area contributed by atoms with Gasteiger partial charge in [0.15, 0.2) is 0 Å². The normalized spacial score (nSPS) is 17.8. The van der Waals surface area contributed by atoms with Gasteiger partial charge in [-0.2, -0.15) is 5.10 Å². The summed E-state index contributed by atoms with van der Waals surface area (Å²) >= 11 is 0. The number of para-hydroxylation sites is 1. The summed E-state index contributed by atoms with van der Waals surface area (Å²) in [7, 11) is 0. The van der Waals surface area contributed by atoms with Gasteiger partial charge in [0.25, 0.3) is 0 Å². The summed E-state index contributed by atoms with van der Waals surface area (Å²) in [6.07, 6.45) is 7.47. The van der Waals surface area contributed by atoms with E-state index in [4.69, 9.17) is 0 Å². The summed E-state index contributed by atoms with van der Waals surface area (Å²) < 4.78 is 1.65. The number of carboxylic acids is 1. The van der Waals surface area contributed by atoms with E-state index >= 15 is 0 Å². The van der Waals surface area contributed by atoms with Crippen LogP contribution in [0.15, 0.2) is 36.9 Å². The summed E-state index contributed by atoms with van der Waals surface area (Å²) in [5, 5.41) is 14.0. The van der Waals surface area contributed by atoms with Gasteiger partial charge in [0.05, 0.1) is 11.1 Å². The molecule has 1 N–H and O–H groups in total. The van der Waals surface area contributed by atoms with Gasteiger partial charge in [-0.3, -0.25) is 4.79 Å². The van der Waals surface area contributed by atoms with Crippen LogP contribution in [0.4, 0.5) is 0 Å². The number of carboxylic acid groups (broad SMARTS) is 1. The molecule has 0 spiro atoms. The van der Waals surface area contributed by atoms with Crippen molar-refractivity contribution in [2.24, 2.45) is 0 Å². The molecule has 0 bridgehead atoms. The molecule has 5 nitrogen and oxygen atoms in total. The van der Waals surface area contributed by atoms with Crippen molar-refractivity contribution in [1.29, 1.82) is 0 Å². The first-order chi connectivity index (χ1) is 9.74. The maximum absolute atomic E-state index is 12.0. The van der Waals surface area contributed by atoms with Crippen LogP contribution in [0.5, 0.6) is 0 Å². The SMILES string of the molecule is O=C(O)C1(c2ccccc2-n2cncn2)CCCCC1. The van der Waals surface area contributed by atoms with Gasteiger partial charge in [-0.15, -0.1) is 0 Å². The number of aromatic nitrogens is 3. The zero-order valence-corrected chi connectivity index (χ0v) is 11.2. The lowest BCUT2D eigenvalue weighted by Gasteiger charge is -2.34. The van der Waals surface area contributed by atoms with E-state index in [9.17, 15) is 9.90 Å². The minimum atomic E-state index is -0.791. The molecule has 0 unspecified atom stereocenters. The highest BCUT2D eigenvalue weighted by atomic mass is 16.4. The average Bonchev–Trinajstić information content (AvgIpc) is 3.02. The molecular formula is C15H17N3O2. The molecule has 1 fully saturated rings. The summed E-state index contributed by atoms with van der Waals surface area (Å²) in [4.78, 5) is 15.9. The summed E-state index contributed by atoms with van der Waals surface area (Å²) in [6, 6.07) is 7.62. The Morgan fingerprint density at radius 2 is 1.95 bits per heavy atom. The van der Waals surface area contributed by atoms with Crippen molar-refractivity contribution in [2.45, 2.75) is 37.5 Å². The standard InChI is InChI=1S/C15H17N3O2/c19-14(20)15(8-4-1-5-9-15)12-6-2-3-7-13(12)18-11-16-10-17-18/h2-3,6-7,10-11H,1,4-5,8-9H2,(H,19,20). The Hall–Kier alpha value is -2.17. The number of benzene rings is 1. The smallest absolute Gasteiger partial charge is 0.314 e. The Bertz CT molecular complexity index is 601. The van der Waals surface area contributed by atoms with E-state index in [1.54, 1.807) is 11.0 Å². The Balaban J connectivity index is 2.15. The lowest BCUT2D eigenvalue weighted by atomic mass is 9.69. The molecule has 1 aliphatic rings. The summed E-state index contributed by atoms with van der Waals surface area (Å²) in [5.74, 6) is -0.732. The van der Waals surface area contributed by atoms with Crippen LogP contribution >= 0.6 is 0 Å². The van der Waals surface area contributed by atoms with Crippen molar-refractivity contribution in [3.8, 4) is 5.69 Å². The van der Waals surface area contributed by atoms with Gasteiger partial charge in [-0.05, 0) is 24.5 Å². The molecule has 20 heavy (non-hydrogen) atoms. The van der Waals surface area contributed by atoms with Crippen LogP contribution in [0.25, 0.3) is 5.69 Å². The molecular weight excluding hydrogens is 254 g/mol. The monoisotopic (exact) mass is 271 g/mol. The lowest BCUT2D eigenvalue weighted by Crippen LogP contribution is -2.38. The highest BCUT2D eigenvalue weighted by molar-refractivity contribution is 5.83. The van der Waals surface area contributed by atoms with Crippen LogP contribution in [-0.4, -0.2) is 25.8 Å². The van der Waals surface area contributed by atoms with E-state index in [1.807, 2.05) is 24.3 Å². The minimum Gasteiger partial charge on any atom is -0.481 e. The predicted octanol–water partition coefficient (Wildman–Crippen LogP) is 2.55. The molecule has 3 rings (SSSR count). The lowest BCUT2D eigenvalue weighted by molar-refractivity contribution is -0.145. The molecule has 1 saturated carbocycles.